The molecule has 0 aromatic carbocycles. The molecule has 0 heterocycles. The van der Waals surface area contributed by atoms with E-state index in [2.05, 4.69) is 4.74 Å². The van der Waals surface area contributed by atoms with Crippen LogP contribution < -0.4 is 34.7 Å². The van der Waals surface area contributed by atoms with Crippen LogP contribution in [-0.4, -0.2) is 12.1 Å². The molecule has 10 heavy (non-hydrogen) atoms. The number of hydrogen-bond acceptors (Lipinski definition) is 4. The van der Waals surface area contributed by atoms with Gasteiger partial charge in [0.1, 0.15) is 0 Å². The van der Waals surface area contributed by atoms with E-state index < -0.39 is 12.1 Å². The van der Waals surface area contributed by atoms with Crippen LogP contribution in [0.25, 0.3) is 0 Å². The molecular weight excluding hydrogens is 147 g/mol. The third-order valence-corrected chi connectivity index (χ3v) is 0.651. The van der Waals surface area contributed by atoms with E-state index in [9.17, 15) is 14.7 Å². The van der Waals surface area contributed by atoms with E-state index in [4.69, 9.17) is 0 Å². The van der Waals surface area contributed by atoms with Crippen molar-refractivity contribution in [3.8, 4) is 0 Å². The molecule has 0 saturated heterocycles. The fourth-order valence-electron chi connectivity index (χ4n) is 0.348. The van der Waals surface area contributed by atoms with E-state index in [1.54, 1.807) is 6.92 Å². The summed E-state index contributed by atoms with van der Waals surface area (Å²) in [6.07, 6.45) is -1.09. The number of ether oxygens (including phenoxy) is 1. The van der Waals surface area contributed by atoms with E-state index in [1.807, 2.05) is 0 Å². The molecule has 0 bridgehead atoms. The van der Waals surface area contributed by atoms with Crippen LogP contribution in [0, 0.1) is 0 Å². The summed E-state index contributed by atoms with van der Waals surface area (Å²) in [5, 5.41) is 9.53. The molecule has 0 aliphatic rings. The van der Waals surface area contributed by atoms with Crippen LogP contribution in [0.2, 0.25) is 0 Å². The smallest absolute Gasteiger partial charge is 0.484 e. The van der Waals surface area contributed by atoms with Gasteiger partial charge >= 0.3 is 29.6 Å². The van der Waals surface area contributed by atoms with Crippen molar-refractivity contribution in [1.82, 2.24) is 0 Å². The van der Waals surface area contributed by atoms with Gasteiger partial charge in [0.05, 0.1) is 0 Å². The van der Waals surface area contributed by atoms with Crippen molar-refractivity contribution in [1.29, 1.82) is 0 Å². The molecule has 52 valence electrons. The van der Waals surface area contributed by atoms with E-state index in [1.165, 1.54) is 0 Å². The minimum Gasteiger partial charge on any atom is -0.484 e. The summed E-state index contributed by atoms with van der Waals surface area (Å²) in [7, 11) is 0. The molecule has 0 aromatic rings. The average molecular weight is 154 g/mol. The van der Waals surface area contributed by atoms with Gasteiger partial charge in [0.15, 0.2) is 0 Å². The van der Waals surface area contributed by atoms with Gasteiger partial charge in [-0.3, -0.25) is 4.79 Å². The zero-order valence-electron chi connectivity index (χ0n) is 6.05. The summed E-state index contributed by atoms with van der Waals surface area (Å²) >= 11 is 0. The maximum absolute atomic E-state index is 10.2. The van der Waals surface area contributed by atoms with Crippen LogP contribution in [0.4, 0.5) is 4.79 Å². The molecular formula is C5H7NaO4. The van der Waals surface area contributed by atoms with Crippen LogP contribution in [0.15, 0.2) is 0 Å². The minimum atomic E-state index is -1.78. The molecule has 0 aliphatic heterocycles. The third-order valence-electron chi connectivity index (χ3n) is 0.651. The molecule has 0 saturated carbocycles. The predicted octanol–water partition coefficient (Wildman–Crippen LogP) is -3.32. The Morgan fingerprint density at radius 3 is 2.30 bits per heavy atom. The molecule has 0 atom stereocenters. The monoisotopic (exact) mass is 154 g/mol. The number of rotatable bonds is 2. The molecule has 5 heteroatoms. The Bertz CT molecular complexity index is 123. The van der Waals surface area contributed by atoms with Crippen molar-refractivity contribution >= 4 is 12.1 Å². The maximum Gasteiger partial charge on any atom is 1.00 e. The first-order valence-electron chi connectivity index (χ1n) is 2.58. The van der Waals surface area contributed by atoms with Crippen molar-refractivity contribution in [3.63, 3.8) is 0 Å². The Hall–Kier alpha value is -0.0600. The predicted molar refractivity (Wildman–Crippen MR) is 26.4 cm³/mol. The van der Waals surface area contributed by atoms with Crippen LogP contribution in [0.3, 0.4) is 0 Å². The summed E-state index contributed by atoms with van der Waals surface area (Å²) in [5.41, 5.74) is 0. The first-order valence-corrected chi connectivity index (χ1v) is 2.58. The molecule has 0 unspecified atom stereocenters. The van der Waals surface area contributed by atoms with Crippen molar-refractivity contribution in [3.05, 3.63) is 0 Å². The van der Waals surface area contributed by atoms with Crippen LogP contribution in [0.5, 0.6) is 0 Å². The van der Waals surface area contributed by atoms with E-state index >= 15 is 0 Å². The zero-order chi connectivity index (χ0) is 7.28. The average Bonchev–Trinajstić information content (AvgIpc) is 1.63. The Balaban J connectivity index is 0. The third kappa shape index (κ3) is 7.94. The Morgan fingerprint density at radius 2 is 2.00 bits per heavy atom. The number of carbonyl (C=O) groups is 2. The Morgan fingerprint density at radius 1 is 1.50 bits per heavy atom. The van der Waals surface area contributed by atoms with Crippen molar-refractivity contribution in [2.24, 2.45) is 0 Å². The van der Waals surface area contributed by atoms with E-state index in [-0.39, 0.29) is 36.0 Å². The summed E-state index contributed by atoms with van der Waals surface area (Å²) in [4.78, 5) is 19.7. The zero-order valence-corrected chi connectivity index (χ0v) is 8.05. The van der Waals surface area contributed by atoms with Gasteiger partial charge in [-0.2, -0.15) is 0 Å². The quantitative estimate of drug-likeness (QED) is 0.237. The summed E-state index contributed by atoms with van der Waals surface area (Å²) in [6, 6.07) is 0. The number of carboxylic acid groups (broad SMARTS) is 1. The number of hydrogen-bond donors (Lipinski definition) is 0. The molecule has 0 fully saturated rings. The van der Waals surface area contributed by atoms with Gasteiger partial charge in [0.25, 0.3) is 6.16 Å². The van der Waals surface area contributed by atoms with Gasteiger partial charge < -0.3 is 14.6 Å². The molecule has 0 aliphatic carbocycles. The van der Waals surface area contributed by atoms with Crippen molar-refractivity contribution < 1.29 is 49.0 Å². The topological polar surface area (TPSA) is 66.4 Å². The Labute approximate surface area is 80.8 Å². The summed E-state index contributed by atoms with van der Waals surface area (Å²) in [5.74, 6) is -0.752. The number of esters is 1. The van der Waals surface area contributed by atoms with Crippen LogP contribution in [0.1, 0.15) is 19.8 Å². The van der Waals surface area contributed by atoms with Crippen LogP contribution in [-0.2, 0) is 9.53 Å². The van der Waals surface area contributed by atoms with Gasteiger partial charge in [-0.05, 0) is 6.42 Å². The van der Waals surface area contributed by atoms with Crippen molar-refractivity contribution in [2.75, 3.05) is 0 Å². The molecule has 4 nitrogen and oxygen atoms in total. The molecule has 0 rings (SSSR count). The standard InChI is InChI=1S/C5H8O4.Na/c1-2-3-4(6)9-5(7)8;/h2-3H2,1H3,(H,7,8);/q;+1/p-1. The molecule has 0 radical (unpaired) electrons. The SMILES string of the molecule is CCCC(=O)OC(=O)[O-].[Na+]. The summed E-state index contributed by atoms with van der Waals surface area (Å²) < 4.78 is 3.66. The second-order valence-electron chi connectivity index (χ2n) is 1.47. The fraction of sp³-hybridized carbons (Fsp3) is 0.600. The first-order chi connectivity index (χ1) is 4.16. The van der Waals surface area contributed by atoms with Crippen molar-refractivity contribution in [2.45, 2.75) is 19.8 Å². The van der Waals surface area contributed by atoms with Gasteiger partial charge in [0.2, 0.25) is 5.97 Å². The van der Waals surface area contributed by atoms with Crippen LogP contribution >= 0.6 is 0 Å². The largest absolute Gasteiger partial charge is 1.00 e. The normalized spacial score (nSPS) is 7.70. The first kappa shape index (κ1) is 12.6. The molecule has 0 spiro atoms. The van der Waals surface area contributed by atoms with Gasteiger partial charge in [-0.25, -0.2) is 0 Å². The second kappa shape index (κ2) is 7.05. The maximum atomic E-state index is 10.2. The molecule has 0 aromatic heterocycles. The molecule has 0 amide bonds. The van der Waals surface area contributed by atoms with Gasteiger partial charge in [-0.15, -0.1) is 0 Å². The number of carbonyl (C=O) groups excluding carboxylic acids is 2. The minimum absolute atomic E-state index is 0. The summed E-state index contributed by atoms with van der Waals surface area (Å²) in [6.45, 7) is 1.75. The Kier molecular flexibility index (Phi) is 8.89. The molecule has 0 N–H and O–H groups in total. The second-order valence-corrected chi connectivity index (χ2v) is 1.47. The van der Waals surface area contributed by atoms with Gasteiger partial charge in [0, 0.05) is 6.42 Å². The van der Waals surface area contributed by atoms with E-state index in [0.717, 1.165) is 0 Å². The fourth-order valence-corrected chi connectivity index (χ4v) is 0.348. The van der Waals surface area contributed by atoms with E-state index in [0.29, 0.717) is 6.42 Å². The van der Waals surface area contributed by atoms with Gasteiger partial charge in [-0.1, -0.05) is 6.92 Å².